The van der Waals surface area contributed by atoms with Crippen LogP contribution in [0, 0.1) is 20.8 Å². The quantitative estimate of drug-likeness (QED) is 0.684. The van der Waals surface area contributed by atoms with Crippen molar-refractivity contribution in [1.29, 1.82) is 0 Å². The number of nitrogens with one attached hydrogen (secondary N) is 2. The number of carbonyl (C=O) groups excluding carboxylic acids is 1. The Hall–Kier alpha value is -2.86. The van der Waals surface area contributed by atoms with Crippen molar-refractivity contribution in [2.45, 2.75) is 33.9 Å². The topological polar surface area (TPSA) is 78.7 Å². The van der Waals surface area contributed by atoms with Crippen LogP contribution >= 0.6 is 0 Å². The van der Waals surface area contributed by atoms with E-state index in [4.69, 9.17) is 0 Å². The summed E-state index contributed by atoms with van der Waals surface area (Å²) in [5.74, 6) is 0. The molecule has 0 fully saturated rings. The number of aromatic nitrogens is 2. The Kier molecular flexibility index (Phi) is 4.72. The first kappa shape index (κ1) is 17.0. The van der Waals surface area contributed by atoms with Crippen LogP contribution < -0.4 is 10.6 Å². The van der Waals surface area contributed by atoms with Crippen LogP contribution in [0.25, 0.3) is 5.65 Å². The number of carbonyl (C=O) groups is 1. The van der Waals surface area contributed by atoms with E-state index in [1.807, 2.05) is 61.8 Å². The van der Waals surface area contributed by atoms with E-state index in [9.17, 15) is 9.90 Å². The number of amides is 2. The Balaban J connectivity index is 1.66. The second kappa shape index (κ2) is 6.94. The number of urea groups is 1. The highest BCUT2D eigenvalue weighted by atomic mass is 16.3. The molecule has 0 atom stereocenters. The van der Waals surface area contributed by atoms with Gasteiger partial charge in [-0.05, 0) is 49.1 Å². The number of aryl methyl sites for hydroxylation is 3. The third-order valence-corrected chi connectivity index (χ3v) is 4.20. The van der Waals surface area contributed by atoms with E-state index in [0.717, 1.165) is 33.6 Å². The SMILES string of the molecule is Cc1cn2ccc(NC(=O)NCc3c(C)cc(CO)cc3C)cc2n1. The fraction of sp³-hybridized carbons (Fsp3) is 0.263. The molecule has 3 aromatic rings. The van der Waals surface area contributed by atoms with Gasteiger partial charge in [0.05, 0.1) is 12.3 Å². The first-order valence-corrected chi connectivity index (χ1v) is 8.16. The average Bonchev–Trinajstić information content (AvgIpc) is 2.93. The summed E-state index contributed by atoms with van der Waals surface area (Å²) in [6, 6.07) is 7.28. The van der Waals surface area contributed by atoms with Gasteiger partial charge >= 0.3 is 6.03 Å². The van der Waals surface area contributed by atoms with Crippen molar-refractivity contribution in [1.82, 2.24) is 14.7 Å². The fourth-order valence-electron chi connectivity index (χ4n) is 2.98. The largest absolute Gasteiger partial charge is 0.392 e. The van der Waals surface area contributed by atoms with Gasteiger partial charge in [0.2, 0.25) is 0 Å². The summed E-state index contributed by atoms with van der Waals surface area (Å²) < 4.78 is 1.91. The summed E-state index contributed by atoms with van der Waals surface area (Å²) >= 11 is 0. The predicted octanol–water partition coefficient (Wildman–Crippen LogP) is 3.07. The lowest BCUT2D eigenvalue weighted by molar-refractivity contribution is 0.251. The smallest absolute Gasteiger partial charge is 0.319 e. The van der Waals surface area contributed by atoms with Crippen molar-refractivity contribution >= 4 is 17.4 Å². The molecule has 3 N–H and O–H groups in total. The number of benzene rings is 1. The fourth-order valence-corrected chi connectivity index (χ4v) is 2.98. The number of fused-ring (bicyclic) bond motifs is 1. The highest BCUT2D eigenvalue weighted by molar-refractivity contribution is 5.89. The first-order chi connectivity index (χ1) is 12.0. The van der Waals surface area contributed by atoms with Crippen molar-refractivity contribution in [3.8, 4) is 0 Å². The standard InChI is InChI=1S/C19H22N4O2/c1-12-6-15(11-24)7-13(2)17(12)9-20-19(25)22-16-4-5-23-10-14(3)21-18(23)8-16/h4-8,10,24H,9,11H2,1-3H3,(H2,20,22,25). The molecule has 1 aromatic carbocycles. The van der Waals surface area contributed by atoms with E-state index in [-0.39, 0.29) is 12.6 Å². The Morgan fingerprint density at radius 2 is 1.92 bits per heavy atom. The zero-order valence-electron chi connectivity index (χ0n) is 14.6. The molecule has 2 heterocycles. The molecule has 0 aliphatic rings. The molecule has 6 heteroatoms. The Morgan fingerprint density at radius 3 is 2.60 bits per heavy atom. The Labute approximate surface area is 146 Å². The van der Waals surface area contributed by atoms with Gasteiger partial charge in [0.15, 0.2) is 0 Å². The highest BCUT2D eigenvalue weighted by Gasteiger charge is 2.08. The van der Waals surface area contributed by atoms with Gasteiger partial charge in [0.25, 0.3) is 0 Å². The van der Waals surface area contributed by atoms with E-state index in [2.05, 4.69) is 15.6 Å². The molecule has 3 rings (SSSR count). The summed E-state index contributed by atoms with van der Waals surface area (Å²) in [6.45, 7) is 6.34. The maximum absolute atomic E-state index is 12.2. The maximum Gasteiger partial charge on any atom is 0.319 e. The predicted molar refractivity (Wildman–Crippen MR) is 97.6 cm³/mol. The van der Waals surface area contributed by atoms with E-state index in [1.165, 1.54) is 0 Å². The third-order valence-electron chi connectivity index (χ3n) is 4.20. The molecule has 25 heavy (non-hydrogen) atoms. The highest BCUT2D eigenvalue weighted by Crippen LogP contribution is 2.17. The third kappa shape index (κ3) is 3.80. The van der Waals surface area contributed by atoms with E-state index >= 15 is 0 Å². The lowest BCUT2D eigenvalue weighted by atomic mass is 9.99. The van der Waals surface area contributed by atoms with Crippen LogP contribution in [-0.4, -0.2) is 20.5 Å². The average molecular weight is 338 g/mol. The van der Waals surface area contributed by atoms with Crippen LogP contribution in [0.15, 0.2) is 36.7 Å². The first-order valence-electron chi connectivity index (χ1n) is 8.16. The van der Waals surface area contributed by atoms with Crippen molar-refractivity contribution in [3.63, 3.8) is 0 Å². The molecule has 0 unspecified atom stereocenters. The van der Waals surface area contributed by atoms with E-state index in [0.29, 0.717) is 12.2 Å². The van der Waals surface area contributed by atoms with Crippen LogP contribution in [0.3, 0.4) is 0 Å². The number of imidazole rings is 1. The molecule has 0 saturated heterocycles. The van der Waals surface area contributed by atoms with Gasteiger partial charge in [-0.2, -0.15) is 0 Å². The van der Waals surface area contributed by atoms with E-state index < -0.39 is 0 Å². The van der Waals surface area contributed by atoms with Crippen LogP contribution in [-0.2, 0) is 13.2 Å². The zero-order valence-corrected chi connectivity index (χ0v) is 14.6. The van der Waals surface area contributed by atoms with E-state index in [1.54, 1.807) is 0 Å². The second-order valence-corrected chi connectivity index (χ2v) is 6.24. The zero-order chi connectivity index (χ0) is 18.0. The number of hydrogen-bond donors (Lipinski definition) is 3. The summed E-state index contributed by atoms with van der Waals surface area (Å²) in [5, 5.41) is 15.0. The van der Waals surface area contributed by atoms with Crippen molar-refractivity contribution in [2.24, 2.45) is 0 Å². The van der Waals surface area contributed by atoms with Crippen molar-refractivity contribution in [2.75, 3.05) is 5.32 Å². The minimum atomic E-state index is -0.266. The molecular formula is C19H22N4O2. The molecule has 0 bridgehead atoms. The van der Waals surface area contributed by atoms with Gasteiger partial charge in [0, 0.05) is 30.7 Å². The summed E-state index contributed by atoms with van der Waals surface area (Å²) in [4.78, 5) is 16.6. The number of anilines is 1. The number of aliphatic hydroxyl groups is 1. The molecule has 2 amide bonds. The molecule has 0 saturated carbocycles. The summed E-state index contributed by atoms with van der Waals surface area (Å²) in [7, 11) is 0. The van der Waals surface area contributed by atoms with Crippen molar-refractivity contribution < 1.29 is 9.90 Å². The lowest BCUT2D eigenvalue weighted by Crippen LogP contribution is -2.28. The molecule has 130 valence electrons. The van der Waals surface area contributed by atoms with Gasteiger partial charge in [0.1, 0.15) is 5.65 Å². The van der Waals surface area contributed by atoms with Gasteiger partial charge in [-0.15, -0.1) is 0 Å². The summed E-state index contributed by atoms with van der Waals surface area (Å²) in [6.07, 6.45) is 3.80. The number of hydrogen-bond acceptors (Lipinski definition) is 3. The number of rotatable bonds is 4. The Morgan fingerprint density at radius 1 is 1.20 bits per heavy atom. The molecule has 0 spiro atoms. The molecule has 0 radical (unpaired) electrons. The molecule has 6 nitrogen and oxygen atoms in total. The second-order valence-electron chi connectivity index (χ2n) is 6.24. The van der Waals surface area contributed by atoms with Crippen molar-refractivity contribution in [3.05, 3.63) is 64.6 Å². The minimum Gasteiger partial charge on any atom is -0.392 e. The molecule has 0 aliphatic carbocycles. The number of pyridine rings is 1. The Bertz CT molecular complexity index is 907. The monoisotopic (exact) mass is 338 g/mol. The van der Waals surface area contributed by atoms with Crippen LogP contribution in [0.1, 0.15) is 27.9 Å². The minimum absolute atomic E-state index is 0.0194. The maximum atomic E-state index is 12.2. The van der Waals surface area contributed by atoms with Crippen LogP contribution in [0.2, 0.25) is 0 Å². The number of aliphatic hydroxyl groups excluding tert-OH is 1. The lowest BCUT2D eigenvalue weighted by Gasteiger charge is -2.13. The summed E-state index contributed by atoms with van der Waals surface area (Å²) in [5.41, 5.74) is 6.47. The normalized spacial score (nSPS) is 10.9. The number of nitrogens with zero attached hydrogens (tertiary/aromatic N) is 2. The van der Waals surface area contributed by atoms with Gasteiger partial charge in [-0.25, -0.2) is 9.78 Å². The molecule has 2 aromatic heterocycles. The van der Waals surface area contributed by atoms with Crippen LogP contribution in [0.4, 0.5) is 10.5 Å². The van der Waals surface area contributed by atoms with Crippen LogP contribution in [0.5, 0.6) is 0 Å². The van der Waals surface area contributed by atoms with Gasteiger partial charge in [-0.1, -0.05) is 12.1 Å². The van der Waals surface area contributed by atoms with Gasteiger partial charge in [-0.3, -0.25) is 0 Å². The molecular weight excluding hydrogens is 316 g/mol. The van der Waals surface area contributed by atoms with Gasteiger partial charge < -0.3 is 20.1 Å². The molecule has 0 aliphatic heterocycles.